The number of hydrogen-bond donors (Lipinski definition) is 6. The Morgan fingerprint density at radius 1 is 0.778 bits per heavy atom. The highest BCUT2D eigenvalue weighted by atomic mass is 17.0. The van der Waals surface area contributed by atoms with E-state index in [0.717, 1.165) is 36.8 Å². The van der Waals surface area contributed by atoms with Crippen molar-refractivity contribution in [3.8, 4) is 23.0 Å². The molecule has 0 aromatic heterocycles. The molecule has 0 spiro atoms. The lowest BCUT2D eigenvalue weighted by Crippen LogP contribution is -2.31. The normalized spacial score (nSPS) is 11.4. The highest BCUT2D eigenvalue weighted by Gasteiger charge is 2.15. The number of phenols is 4. The van der Waals surface area contributed by atoms with Crippen LogP contribution in [0.2, 0.25) is 0 Å². The Kier molecular flexibility index (Phi) is 11.8. The Hall–Kier alpha value is -4.06. The minimum Gasteiger partial charge on any atom is -0.504 e. The van der Waals surface area contributed by atoms with E-state index in [4.69, 9.17) is 15.4 Å². The first-order valence-corrected chi connectivity index (χ1v) is 11.3. The first-order chi connectivity index (χ1) is 17.3. The highest BCUT2D eigenvalue weighted by Crippen LogP contribution is 2.26. The summed E-state index contributed by atoms with van der Waals surface area (Å²) in [6, 6.07) is 8.05. The second-order valence-corrected chi connectivity index (χ2v) is 7.64. The van der Waals surface area contributed by atoms with Gasteiger partial charge in [0.1, 0.15) is 0 Å². The molecule has 11 nitrogen and oxygen atoms in total. The number of benzene rings is 2. The SMILES string of the molecule is NCCCNCCCCN(OC(=O)/C=C/c1ccc(O)c(O)c1)OC(=O)/C=C/c1ccc(O)c(O)c1. The summed E-state index contributed by atoms with van der Waals surface area (Å²) >= 11 is 0. The molecule has 0 radical (unpaired) electrons. The largest absolute Gasteiger partial charge is 0.504 e. The van der Waals surface area contributed by atoms with Gasteiger partial charge in [0.05, 0.1) is 6.54 Å². The van der Waals surface area contributed by atoms with Crippen LogP contribution >= 0.6 is 0 Å². The fraction of sp³-hybridized carbons (Fsp3) is 0.280. The summed E-state index contributed by atoms with van der Waals surface area (Å²) in [7, 11) is 0. The molecule has 0 saturated carbocycles. The van der Waals surface area contributed by atoms with Crippen molar-refractivity contribution >= 4 is 24.1 Å². The first-order valence-electron chi connectivity index (χ1n) is 11.3. The average molecular weight is 502 g/mol. The molecule has 2 aromatic rings. The Bertz CT molecular complexity index is 996. The zero-order valence-corrected chi connectivity index (χ0v) is 19.7. The molecule has 7 N–H and O–H groups in total. The molecular weight excluding hydrogens is 470 g/mol. The van der Waals surface area contributed by atoms with Crippen molar-refractivity contribution in [3.05, 3.63) is 59.7 Å². The van der Waals surface area contributed by atoms with Gasteiger partial charge in [0, 0.05) is 17.4 Å². The maximum Gasteiger partial charge on any atom is 0.353 e. The fourth-order valence-corrected chi connectivity index (χ4v) is 2.83. The molecule has 194 valence electrons. The third kappa shape index (κ3) is 10.5. The Labute approximate surface area is 208 Å². The van der Waals surface area contributed by atoms with Gasteiger partial charge in [-0.2, -0.15) is 0 Å². The van der Waals surface area contributed by atoms with E-state index >= 15 is 0 Å². The van der Waals surface area contributed by atoms with Crippen LogP contribution in [-0.4, -0.2) is 63.8 Å². The second-order valence-electron chi connectivity index (χ2n) is 7.64. The molecule has 0 heterocycles. The summed E-state index contributed by atoms with van der Waals surface area (Å²) in [6.45, 7) is 2.21. The molecule has 0 fully saturated rings. The van der Waals surface area contributed by atoms with E-state index in [2.05, 4.69) is 5.32 Å². The van der Waals surface area contributed by atoms with Crippen LogP contribution in [0.1, 0.15) is 30.4 Å². The standard InChI is InChI=1S/C25H31N3O8/c26-12-3-14-27-13-1-2-15-28(35-24(33)10-6-18-4-8-20(29)22(31)16-18)36-25(34)11-7-19-5-9-21(30)23(32)17-19/h4-11,16-17,27,29-32H,1-3,12-15,26H2/b10-6+,11-7+. The van der Waals surface area contributed by atoms with Gasteiger partial charge in [0.2, 0.25) is 0 Å². The number of hydroxylamine groups is 2. The topological polar surface area (TPSA) is 175 Å². The van der Waals surface area contributed by atoms with Crippen LogP contribution in [-0.2, 0) is 19.3 Å². The number of hydrogen-bond acceptors (Lipinski definition) is 11. The molecular formula is C25H31N3O8. The number of phenolic OH excluding ortho intramolecular Hbond substituents is 4. The summed E-state index contributed by atoms with van der Waals surface area (Å²) in [5.41, 5.74) is 6.33. The lowest BCUT2D eigenvalue weighted by molar-refractivity contribution is -0.320. The van der Waals surface area contributed by atoms with Gasteiger partial charge < -0.3 is 41.2 Å². The second kappa shape index (κ2) is 15.0. The van der Waals surface area contributed by atoms with Crippen LogP contribution in [0.15, 0.2) is 48.6 Å². The minimum absolute atomic E-state index is 0.109. The third-order valence-electron chi connectivity index (χ3n) is 4.71. The monoisotopic (exact) mass is 501 g/mol. The quantitative estimate of drug-likeness (QED) is 0.0968. The first kappa shape index (κ1) is 28.2. The molecule has 11 heteroatoms. The number of nitrogens with zero attached hydrogens (tertiary/aromatic N) is 1. The zero-order chi connectivity index (χ0) is 26.3. The predicted molar refractivity (Wildman–Crippen MR) is 132 cm³/mol. The van der Waals surface area contributed by atoms with Crippen molar-refractivity contribution in [3.63, 3.8) is 0 Å². The van der Waals surface area contributed by atoms with Gasteiger partial charge in [-0.15, -0.1) is 0 Å². The number of carbonyl (C=O) groups is 2. The van der Waals surface area contributed by atoms with Crippen molar-refractivity contribution in [2.45, 2.75) is 19.3 Å². The summed E-state index contributed by atoms with van der Waals surface area (Å²) in [5, 5.41) is 41.8. The van der Waals surface area contributed by atoms with E-state index in [0.29, 0.717) is 30.6 Å². The summed E-state index contributed by atoms with van der Waals surface area (Å²) in [4.78, 5) is 34.8. The molecule has 2 aromatic carbocycles. The van der Waals surface area contributed by atoms with Crippen LogP contribution in [0.25, 0.3) is 12.2 Å². The van der Waals surface area contributed by atoms with E-state index in [1.165, 1.54) is 48.6 Å². The molecule has 2 rings (SSSR count). The van der Waals surface area contributed by atoms with Crippen LogP contribution in [0.4, 0.5) is 0 Å². The van der Waals surface area contributed by atoms with Crippen LogP contribution in [0, 0.1) is 0 Å². The number of nitrogens with one attached hydrogen (secondary N) is 1. The van der Waals surface area contributed by atoms with E-state index in [1.54, 1.807) is 0 Å². The van der Waals surface area contributed by atoms with Crippen molar-refractivity contribution in [2.24, 2.45) is 5.73 Å². The predicted octanol–water partition coefficient (Wildman–Crippen LogP) is 2.17. The smallest absolute Gasteiger partial charge is 0.353 e. The summed E-state index contributed by atoms with van der Waals surface area (Å²) in [6.07, 6.45) is 7.01. The highest BCUT2D eigenvalue weighted by molar-refractivity contribution is 5.88. The summed E-state index contributed by atoms with van der Waals surface area (Å²) in [5.74, 6) is -2.92. The minimum atomic E-state index is -0.830. The van der Waals surface area contributed by atoms with Crippen molar-refractivity contribution in [1.29, 1.82) is 0 Å². The molecule has 0 bridgehead atoms. The Morgan fingerprint density at radius 2 is 1.28 bits per heavy atom. The average Bonchev–Trinajstić information content (AvgIpc) is 2.85. The van der Waals surface area contributed by atoms with Gasteiger partial charge in [-0.1, -0.05) is 12.1 Å². The molecule has 0 unspecified atom stereocenters. The van der Waals surface area contributed by atoms with Gasteiger partial charge in [-0.25, -0.2) is 9.59 Å². The molecule has 0 saturated heterocycles. The van der Waals surface area contributed by atoms with Gasteiger partial charge in [-0.05, 0) is 86.4 Å². The molecule has 36 heavy (non-hydrogen) atoms. The fourth-order valence-electron chi connectivity index (χ4n) is 2.83. The van der Waals surface area contributed by atoms with Crippen molar-refractivity contribution in [1.82, 2.24) is 10.5 Å². The number of carbonyl (C=O) groups excluding carboxylic acids is 2. The maximum absolute atomic E-state index is 12.3. The number of rotatable bonds is 14. The van der Waals surface area contributed by atoms with E-state index in [-0.39, 0.29) is 29.5 Å². The maximum atomic E-state index is 12.3. The van der Waals surface area contributed by atoms with Gasteiger partial charge in [-0.3, -0.25) is 0 Å². The van der Waals surface area contributed by atoms with Crippen LogP contribution < -0.4 is 11.1 Å². The summed E-state index contributed by atoms with van der Waals surface area (Å²) < 4.78 is 0. The number of unbranched alkanes of at least 4 members (excludes halogenated alkanes) is 1. The zero-order valence-electron chi connectivity index (χ0n) is 19.7. The van der Waals surface area contributed by atoms with Gasteiger partial charge >= 0.3 is 11.9 Å². The number of nitrogens with two attached hydrogens (primary N) is 1. The Balaban J connectivity index is 1.96. The molecule has 0 atom stereocenters. The molecule has 0 aliphatic heterocycles. The van der Waals surface area contributed by atoms with E-state index in [9.17, 15) is 30.0 Å². The number of aromatic hydroxyl groups is 4. The van der Waals surface area contributed by atoms with Gasteiger partial charge in [0.25, 0.3) is 0 Å². The molecule has 0 aliphatic rings. The molecule has 0 amide bonds. The lowest BCUT2D eigenvalue weighted by atomic mass is 10.2. The van der Waals surface area contributed by atoms with Crippen molar-refractivity contribution in [2.75, 3.05) is 26.2 Å². The third-order valence-corrected chi connectivity index (χ3v) is 4.71. The van der Waals surface area contributed by atoms with Crippen LogP contribution in [0.3, 0.4) is 0 Å². The molecule has 0 aliphatic carbocycles. The van der Waals surface area contributed by atoms with Crippen LogP contribution in [0.5, 0.6) is 23.0 Å². The Morgan fingerprint density at radius 3 is 1.75 bits per heavy atom. The van der Waals surface area contributed by atoms with Crippen molar-refractivity contribution < 1.29 is 39.7 Å². The lowest BCUT2D eigenvalue weighted by Gasteiger charge is -2.18. The van der Waals surface area contributed by atoms with E-state index < -0.39 is 11.9 Å². The van der Waals surface area contributed by atoms with Gasteiger partial charge in [0.15, 0.2) is 23.0 Å². The van der Waals surface area contributed by atoms with E-state index in [1.807, 2.05) is 0 Å².